The maximum Gasteiger partial charge on any atom is 0.180 e. The second kappa shape index (κ2) is 4.92. The van der Waals surface area contributed by atoms with Gasteiger partial charge in [0.1, 0.15) is 0 Å². The van der Waals surface area contributed by atoms with E-state index in [0.29, 0.717) is 5.82 Å². The standard InChI is InChI=1S/C16H12N8/c1-2-11-6-20-23-13(11)5-10(1)14-9-24-4-3-17-16(24)15(22-14)21-12-7-18-19-8-12/h1-9H,(H,18,19)(H,20,23)(H,21,22). The summed E-state index contributed by atoms with van der Waals surface area (Å²) >= 11 is 0. The zero-order valence-electron chi connectivity index (χ0n) is 12.4. The topological polar surface area (TPSA) is 99.6 Å². The predicted molar refractivity (Wildman–Crippen MR) is 89.9 cm³/mol. The van der Waals surface area contributed by atoms with Crippen molar-refractivity contribution >= 4 is 28.1 Å². The molecule has 1 aromatic carbocycles. The summed E-state index contributed by atoms with van der Waals surface area (Å²) in [5.74, 6) is 0.670. The van der Waals surface area contributed by atoms with Crippen LogP contribution in [0.4, 0.5) is 11.5 Å². The van der Waals surface area contributed by atoms with Crippen LogP contribution in [0.3, 0.4) is 0 Å². The van der Waals surface area contributed by atoms with Gasteiger partial charge in [0.05, 0.1) is 29.3 Å². The molecular weight excluding hydrogens is 304 g/mol. The van der Waals surface area contributed by atoms with Gasteiger partial charge >= 0.3 is 0 Å². The fourth-order valence-corrected chi connectivity index (χ4v) is 2.71. The van der Waals surface area contributed by atoms with E-state index < -0.39 is 0 Å². The SMILES string of the molecule is c1cn2cc(-c3ccc4cn[nH]c4c3)nc(Nc3cn[nH]c3)c2n1. The van der Waals surface area contributed by atoms with E-state index in [1.807, 2.05) is 35.0 Å². The summed E-state index contributed by atoms with van der Waals surface area (Å²) in [5, 5.41) is 18.1. The molecule has 0 saturated carbocycles. The third kappa shape index (κ3) is 2.01. The van der Waals surface area contributed by atoms with Gasteiger partial charge < -0.3 is 9.72 Å². The second-order valence-electron chi connectivity index (χ2n) is 5.42. The average molecular weight is 316 g/mol. The highest BCUT2D eigenvalue weighted by atomic mass is 15.2. The van der Waals surface area contributed by atoms with Gasteiger partial charge in [-0.1, -0.05) is 12.1 Å². The summed E-state index contributed by atoms with van der Waals surface area (Å²) in [6.45, 7) is 0. The Balaban J connectivity index is 1.67. The normalized spacial score (nSPS) is 11.3. The molecule has 3 N–H and O–H groups in total. The van der Waals surface area contributed by atoms with E-state index in [4.69, 9.17) is 4.98 Å². The Labute approximate surface area is 135 Å². The molecule has 0 spiro atoms. The molecule has 0 bridgehead atoms. The smallest absolute Gasteiger partial charge is 0.180 e. The van der Waals surface area contributed by atoms with E-state index in [9.17, 15) is 0 Å². The van der Waals surface area contributed by atoms with Gasteiger partial charge in [0, 0.05) is 35.7 Å². The van der Waals surface area contributed by atoms with Crippen LogP contribution in [0.15, 0.2) is 55.4 Å². The number of imidazole rings is 1. The Kier molecular flexibility index (Phi) is 2.63. The Morgan fingerprint density at radius 3 is 3.04 bits per heavy atom. The summed E-state index contributed by atoms with van der Waals surface area (Å²) in [4.78, 5) is 9.11. The summed E-state index contributed by atoms with van der Waals surface area (Å²) in [7, 11) is 0. The Hall–Kier alpha value is -3.68. The molecule has 8 heteroatoms. The van der Waals surface area contributed by atoms with E-state index in [1.54, 1.807) is 24.8 Å². The third-order valence-corrected chi connectivity index (χ3v) is 3.87. The molecule has 0 aliphatic rings. The first-order chi connectivity index (χ1) is 11.9. The Morgan fingerprint density at radius 1 is 1.12 bits per heavy atom. The summed E-state index contributed by atoms with van der Waals surface area (Å²) in [6, 6.07) is 6.09. The van der Waals surface area contributed by atoms with Crippen LogP contribution in [-0.2, 0) is 0 Å². The van der Waals surface area contributed by atoms with Gasteiger partial charge in [0.15, 0.2) is 11.5 Å². The molecule has 0 aliphatic carbocycles. The molecular formula is C16H12N8. The van der Waals surface area contributed by atoms with Gasteiger partial charge in [-0.25, -0.2) is 9.97 Å². The number of anilines is 2. The number of aromatic nitrogens is 7. The van der Waals surface area contributed by atoms with Crippen molar-refractivity contribution in [3.05, 3.63) is 55.4 Å². The fraction of sp³-hybridized carbons (Fsp3) is 0. The van der Waals surface area contributed by atoms with Crippen LogP contribution in [0.25, 0.3) is 27.8 Å². The van der Waals surface area contributed by atoms with Crippen molar-refractivity contribution in [2.45, 2.75) is 0 Å². The molecule has 0 amide bonds. The number of aromatic amines is 2. The van der Waals surface area contributed by atoms with E-state index >= 15 is 0 Å². The lowest BCUT2D eigenvalue weighted by Crippen LogP contribution is -1.99. The summed E-state index contributed by atoms with van der Waals surface area (Å²) in [5.41, 5.74) is 4.39. The molecule has 4 aromatic heterocycles. The fourth-order valence-electron chi connectivity index (χ4n) is 2.71. The molecule has 116 valence electrons. The molecule has 0 saturated heterocycles. The quantitative estimate of drug-likeness (QED) is 0.475. The lowest BCUT2D eigenvalue weighted by molar-refractivity contribution is 1.09. The molecule has 5 rings (SSSR count). The van der Waals surface area contributed by atoms with Crippen molar-refractivity contribution < 1.29 is 0 Å². The number of rotatable bonds is 3. The predicted octanol–water partition coefficient (Wildman–Crippen LogP) is 2.74. The first-order valence-corrected chi connectivity index (χ1v) is 7.40. The molecule has 0 atom stereocenters. The van der Waals surface area contributed by atoms with Gasteiger partial charge in [-0.05, 0) is 6.07 Å². The summed E-state index contributed by atoms with van der Waals surface area (Å²) < 4.78 is 1.95. The average Bonchev–Trinajstić information content (AvgIpc) is 3.35. The molecule has 0 radical (unpaired) electrons. The van der Waals surface area contributed by atoms with Crippen molar-refractivity contribution in [2.24, 2.45) is 0 Å². The number of nitrogens with one attached hydrogen (secondary N) is 3. The van der Waals surface area contributed by atoms with Crippen molar-refractivity contribution in [2.75, 3.05) is 5.32 Å². The van der Waals surface area contributed by atoms with Crippen LogP contribution >= 0.6 is 0 Å². The lowest BCUT2D eigenvalue weighted by Gasteiger charge is -2.08. The zero-order valence-corrected chi connectivity index (χ0v) is 12.4. The maximum atomic E-state index is 4.74. The van der Waals surface area contributed by atoms with Crippen LogP contribution in [0.5, 0.6) is 0 Å². The van der Waals surface area contributed by atoms with E-state index in [0.717, 1.165) is 33.5 Å². The highest BCUT2D eigenvalue weighted by Crippen LogP contribution is 2.26. The molecule has 24 heavy (non-hydrogen) atoms. The van der Waals surface area contributed by atoms with Crippen LogP contribution in [0.2, 0.25) is 0 Å². The van der Waals surface area contributed by atoms with Crippen LogP contribution in [0.1, 0.15) is 0 Å². The number of benzene rings is 1. The van der Waals surface area contributed by atoms with E-state index in [-0.39, 0.29) is 0 Å². The number of fused-ring (bicyclic) bond motifs is 2. The number of hydrogen-bond acceptors (Lipinski definition) is 5. The van der Waals surface area contributed by atoms with Crippen molar-refractivity contribution in [1.82, 2.24) is 34.8 Å². The monoisotopic (exact) mass is 316 g/mol. The highest BCUT2D eigenvalue weighted by molar-refractivity contribution is 5.83. The van der Waals surface area contributed by atoms with Gasteiger partial charge in [-0.2, -0.15) is 10.2 Å². The van der Waals surface area contributed by atoms with E-state index in [1.165, 1.54) is 0 Å². The van der Waals surface area contributed by atoms with Gasteiger partial charge in [-0.15, -0.1) is 0 Å². The van der Waals surface area contributed by atoms with Crippen molar-refractivity contribution in [3.8, 4) is 11.3 Å². The number of nitrogens with zero attached hydrogens (tertiary/aromatic N) is 5. The molecule has 0 aliphatic heterocycles. The van der Waals surface area contributed by atoms with Gasteiger partial charge in [0.25, 0.3) is 0 Å². The minimum absolute atomic E-state index is 0.670. The first-order valence-electron chi connectivity index (χ1n) is 7.40. The third-order valence-electron chi connectivity index (χ3n) is 3.87. The zero-order chi connectivity index (χ0) is 15.9. The van der Waals surface area contributed by atoms with E-state index in [2.05, 4.69) is 30.7 Å². The molecule has 8 nitrogen and oxygen atoms in total. The summed E-state index contributed by atoms with van der Waals surface area (Å²) in [6.07, 6.45) is 10.9. The number of H-pyrrole nitrogens is 2. The Bertz CT molecular complexity index is 1140. The van der Waals surface area contributed by atoms with Crippen molar-refractivity contribution in [1.29, 1.82) is 0 Å². The lowest BCUT2D eigenvalue weighted by atomic mass is 10.1. The van der Waals surface area contributed by atoms with Gasteiger partial charge in [-0.3, -0.25) is 10.2 Å². The Morgan fingerprint density at radius 2 is 2.12 bits per heavy atom. The minimum atomic E-state index is 0.670. The molecule has 5 aromatic rings. The van der Waals surface area contributed by atoms with Crippen LogP contribution < -0.4 is 5.32 Å². The number of hydrogen-bond donors (Lipinski definition) is 3. The van der Waals surface area contributed by atoms with Gasteiger partial charge in [0.2, 0.25) is 0 Å². The maximum absolute atomic E-state index is 4.74. The highest BCUT2D eigenvalue weighted by Gasteiger charge is 2.10. The largest absolute Gasteiger partial charge is 0.335 e. The minimum Gasteiger partial charge on any atom is -0.335 e. The molecule has 0 fully saturated rings. The molecule has 0 unspecified atom stereocenters. The van der Waals surface area contributed by atoms with Crippen LogP contribution in [-0.4, -0.2) is 34.8 Å². The van der Waals surface area contributed by atoms with Crippen molar-refractivity contribution in [3.63, 3.8) is 0 Å². The second-order valence-corrected chi connectivity index (χ2v) is 5.42. The molecule has 4 heterocycles. The van der Waals surface area contributed by atoms with Crippen LogP contribution in [0, 0.1) is 0 Å². The first kappa shape index (κ1) is 12.8.